The molecule has 3 aromatic rings. The van der Waals surface area contributed by atoms with E-state index in [1.165, 1.54) is 7.11 Å². The highest BCUT2D eigenvalue weighted by Crippen LogP contribution is 2.30. The van der Waals surface area contributed by atoms with E-state index in [1.807, 2.05) is 6.07 Å². The van der Waals surface area contributed by atoms with Gasteiger partial charge >= 0.3 is 0 Å². The molecule has 0 aliphatic heterocycles. The molecule has 0 bridgehead atoms. The number of anilines is 1. The fourth-order valence-corrected chi connectivity index (χ4v) is 3.80. The van der Waals surface area contributed by atoms with Gasteiger partial charge in [0.05, 0.1) is 18.3 Å². The minimum absolute atomic E-state index is 0.0319. The van der Waals surface area contributed by atoms with Crippen molar-refractivity contribution in [2.24, 2.45) is 0 Å². The maximum atomic E-state index is 12.7. The average Bonchev–Trinajstić information content (AvgIpc) is 2.86. The number of nitrogens with one attached hydrogen (secondary N) is 1. The van der Waals surface area contributed by atoms with E-state index >= 15 is 0 Å². The first kappa shape index (κ1) is 15.3. The van der Waals surface area contributed by atoms with E-state index in [2.05, 4.69) is 14.9 Å². The lowest BCUT2D eigenvalue weighted by Crippen LogP contribution is -2.15. The Morgan fingerprint density at radius 3 is 2.70 bits per heavy atom. The summed E-state index contributed by atoms with van der Waals surface area (Å²) in [4.78, 5) is 4.28. The molecule has 0 aliphatic rings. The fourth-order valence-electron chi connectivity index (χ4n) is 2.41. The molecule has 23 heavy (non-hydrogen) atoms. The highest BCUT2D eigenvalue weighted by atomic mass is 32.2. The van der Waals surface area contributed by atoms with Gasteiger partial charge in [-0.25, -0.2) is 8.42 Å². The monoisotopic (exact) mass is 333 g/mol. The van der Waals surface area contributed by atoms with Gasteiger partial charge in [-0.15, -0.1) is 0 Å². The molecule has 7 nitrogen and oxygen atoms in total. The van der Waals surface area contributed by atoms with Gasteiger partial charge in [-0.3, -0.25) is 9.71 Å². The zero-order valence-corrected chi connectivity index (χ0v) is 13.6. The first-order chi connectivity index (χ1) is 10.9. The summed E-state index contributed by atoms with van der Waals surface area (Å²) < 4.78 is 38.1. The standard InChI is InChI=1S/C15H15N3O4S/c1-9-15(10(2)22-17-9)23(19,20)18-13-8-12(21-3)7-11-5-4-6-16-14(11)13/h4-8,18H,1-3H3. The van der Waals surface area contributed by atoms with Gasteiger partial charge in [0, 0.05) is 17.6 Å². The van der Waals surface area contributed by atoms with Gasteiger partial charge in [-0.1, -0.05) is 11.2 Å². The lowest BCUT2D eigenvalue weighted by Gasteiger charge is -2.11. The van der Waals surface area contributed by atoms with Crippen LogP contribution < -0.4 is 9.46 Å². The van der Waals surface area contributed by atoms with E-state index in [9.17, 15) is 8.42 Å². The molecular formula is C15H15N3O4S. The van der Waals surface area contributed by atoms with E-state index in [4.69, 9.17) is 9.26 Å². The first-order valence-corrected chi connectivity index (χ1v) is 8.29. The lowest BCUT2D eigenvalue weighted by atomic mass is 10.2. The van der Waals surface area contributed by atoms with Crippen molar-refractivity contribution in [2.45, 2.75) is 18.7 Å². The third kappa shape index (κ3) is 2.72. The van der Waals surface area contributed by atoms with Gasteiger partial charge in [0.25, 0.3) is 10.0 Å². The van der Waals surface area contributed by atoms with Crippen LogP contribution in [-0.4, -0.2) is 25.7 Å². The molecule has 2 heterocycles. The van der Waals surface area contributed by atoms with Crippen molar-refractivity contribution in [1.82, 2.24) is 10.1 Å². The molecule has 0 saturated carbocycles. The van der Waals surface area contributed by atoms with Gasteiger partial charge < -0.3 is 9.26 Å². The second-order valence-corrected chi connectivity index (χ2v) is 6.63. The largest absolute Gasteiger partial charge is 0.497 e. The summed E-state index contributed by atoms with van der Waals surface area (Å²) in [5, 5.41) is 4.45. The molecule has 0 fully saturated rings. The van der Waals surface area contributed by atoms with Crippen molar-refractivity contribution in [3.05, 3.63) is 41.9 Å². The van der Waals surface area contributed by atoms with Crippen LogP contribution in [0.15, 0.2) is 39.9 Å². The molecule has 120 valence electrons. The number of hydrogen-bond donors (Lipinski definition) is 1. The molecule has 3 rings (SSSR count). The van der Waals surface area contributed by atoms with Crippen molar-refractivity contribution in [3.8, 4) is 5.75 Å². The van der Waals surface area contributed by atoms with Crippen LogP contribution in [0.25, 0.3) is 10.9 Å². The van der Waals surface area contributed by atoms with Crippen LogP contribution in [0.5, 0.6) is 5.75 Å². The van der Waals surface area contributed by atoms with Gasteiger partial charge in [0.2, 0.25) is 0 Å². The van der Waals surface area contributed by atoms with E-state index in [-0.39, 0.29) is 10.7 Å². The molecule has 1 aromatic carbocycles. The van der Waals surface area contributed by atoms with Gasteiger partial charge in [-0.05, 0) is 26.0 Å². The molecule has 2 aromatic heterocycles. The molecular weight excluding hydrogens is 318 g/mol. The zero-order valence-electron chi connectivity index (χ0n) is 12.8. The van der Waals surface area contributed by atoms with Crippen LogP contribution in [0, 0.1) is 13.8 Å². The Bertz CT molecular complexity index is 960. The van der Waals surface area contributed by atoms with Crippen LogP contribution in [-0.2, 0) is 10.0 Å². The highest BCUT2D eigenvalue weighted by Gasteiger charge is 2.25. The minimum atomic E-state index is -3.85. The summed E-state index contributed by atoms with van der Waals surface area (Å²) in [7, 11) is -2.33. The molecule has 0 saturated heterocycles. The summed E-state index contributed by atoms with van der Waals surface area (Å²) in [5.74, 6) is 0.761. The third-order valence-corrected chi connectivity index (χ3v) is 5.00. The van der Waals surface area contributed by atoms with Crippen molar-refractivity contribution in [3.63, 3.8) is 0 Å². The number of ether oxygens (including phenoxy) is 1. The first-order valence-electron chi connectivity index (χ1n) is 6.81. The van der Waals surface area contributed by atoms with Crippen LogP contribution in [0.1, 0.15) is 11.5 Å². The van der Waals surface area contributed by atoms with E-state index in [1.54, 1.807) is 38.2 Å². The van der Waals surface area contributed by atoms with Gasteiger partial charge in [0.1, 0.15) is 11.4 Å². The molecule has 0 spiro atoms. The molecule has 0 atom stereocenters. The molecule has 1 N–H and O–H groups in total. The average molecular weight is 333 g/mol. The van der Waals surface area contributed by atoms with Crippen LogP contribution >= 0.6 is 0 Å². The Morgan fingerprint density at radius 1 is 1.26 bits per heavy atom. The number of fused-ring (bicyclic) bond motifs is 1. The number of aryl methyl sites for hydroxylation is 2. The van der Waals surface area contributed by atoms with Crippen molar-refractivity contribution < 1.29 is 17.7 Å². The Kier molecular flexibility index (Phi) is 3.69. The second kappa shape index (κ2) is 5.54. The number of rotatable bonds is 4. The van der Waals surface area contributed by atoms with Crippen LogP contribution in [0.4, 0.5) is 5.69 Å². The highest BCUT2D eigenvalue weighted by molar-refractivity contribution is 7.92. The SMILES string of the molecule is COc1cc(NS(=O)(=O)c2c(C)noc2C)c2ncccc2c1. The van der Waals surface area contributed by atoms with E-state index in [0.29, 0.717) is 22.6 Å². The van der Waals surface area contributed by atoms with Crippen LogP contribution in [0.2, 0.25) is 0 Å². The topological polar surface area (TPSA) is 94.3 Å². The quantitative estimate of drug-likeness (QED) is 0.789. The second-order valence-electron chi connectivity index (χ2n) is 5.01. The number of aromatic nitrogens is 2. The van der Waals surface area contributed by atoms with Gasteiger partial charge in [-0.2, -0.15) is 0 Å². The number of pyridine rings is 1. The third-order valence-electron chi connectivity index (χ3n) is 3.40. The molecule has 8 heteroatoms. The smallest absolute Gasteiger partial charge is 0.267 e. The Morgan fingerprint density at radius 2 is 2.04 bits per heavy atom. The summed E-state index contributed by atoms with van der Waals surface area (Å²) >= 11 is 0. The fraction of sp³-hybridized carbons (Fsp3) is 0.200. The Labute approximate surface area is 133 Å². The number of sulfonamides is 1. The summed E-state index contributed by atoms with van der Waals surface area (Å²) in [5.41, 5.74) is 1.17. The minimum Gasteiger partial charge on any atom is -0.497 e. The molecule has 0 radical (unpaired) electrons. The van der Waals surface area contributed by atoms with Crippen molar-refractivity contribution >= 4 is 26.6 Å². The number of nitrogens with zero attached hydrogens (tertiary/aromatic N) is 2. The summed E-state index contributed by atoms with van der Waals surface area (Å²) in [6, 6.07) is 6.98. The summed E-state index contributed by atoms with van der Waals surface area (Å²) in [6.45, 7) is 3.13. The zero-order chi connectivity index (χ0) is 16.6. The maximum absolute atomic E-state index is 12.7. The maximum Gasteiger partial charge on any atom is 0.267 e. The lowest BCUT2D eigenvalue weighted by molar-refractivity contribution is 0.390. The number of hydrogen-bond acceptors (Lipinski definition) is 6. The number of benzene rings is 1. The molecule has 0 unspecified atom stereocenters. The molecule has 0 aliphatic carbocycles. The van der Waals surface area contributed by atoms with E-state index in [0.717, 1.165) is 5.39 Å². The van der Waals surface area contributed by atoms with Crippen molar-refractivity contribution in [2.75, 3.05) is 11.8 Å². The Hall–Kier alpha value is -2.61. The number of methoxy groups -OCH3 is 1. The Balaban J connectivity index is 2.14. The normalized spacial score (nSPS) is 11.6. The van der Waals surface area contributed by atoms with Crippen LogP contribution in [0.3, 0.4) is 0 Å². The predicted octanol–water partition coefficient (Wildman–Crippen LogP) is 2.65. The van der Waals surface area contributed by atoms with Gasteiger partial charge in [0.15, 0.2) is 10.7 Å². The molecule has 0 amide bonds. The summed E-state index contributed by atoms with van der Waals surface area (Å²) in [6.07, 6.45) is 1.60. The predicted molar refractivity (Wildman–Crippen MR) is 85.1 cm³/mol. The van der Waals surface area contributed by atoms with Crippen molar-refractivity contribution in [1.29, 1.82) is 0 Å². The van der Waals surface area contributed by atoms with E-state index < -0.39 is 10.0 Å².